The summed E-state index contributed by atoms with van der Waals surface area (Å²) in [6, 6.07) is 45.4. The smallest absolute Gasteiger partial charge is 0.0805 e. The van der Waals surface area contributed by atoms with E-state index in [4.69, 9.17) is 4.98 Å². The summed E-state index contributed by atoms with van der Waals surface area (Å²) in [6.07, 6.45) is 0. The summed E-state index contributed by atoms with van der Waals surface area (Å²) in [6.45, 7) is 0.860. The van der Waals surface area contributed by atoms with Crippen molar-refractivity contribution in [2.75, 3.05) is 7.05 Å². The Labute approximate surface area is 197 Å². The number of nitrogens with zero attached hydrogens (tertiary/aromatic N) is 2. The topological polar surface area (TPSA) is 16.1 Å². The van der Waals surface area contributed by atoms with E-state index in [1.54, 1.807) is 0 Å². The van der Waals surface area contributed by atoms with Crippen molar-refractivity contribution in [2.24, 2.45) is 0 Å². The maximum Gasteiger partial charge on any atom is 0.0805 e. The molecule has 1 aromatic heterocycles. The molecule has 0 fully saturated rings. The highest BCUT2D eigenvalue weighted by molar-refractivity contribution is 7.73. The Morgan fingerprint density at radius 2 is 1.18 bits per heavy atom. The van der Waals surface area contributed by atoms with Gasteiger partial charge in [0.15, 0.2) is 0 Å². The molecule has 1 unspecified atom stereocenters. The van der Waals surface area contributed by atoms with E-state index in [1.165, 1.54) is 21.6 Å². The molecule has 0 spiro atoms. The molecule has 0 aliphatic heterocycles. The summed E-state index contributed by atoms with van der Waals surface area (Å²) in [7, 11) is 1.51. The van der Waals surface area contributed by atoms with Crippen LogP contribution < -0.4 is 10.6 Å². The van der Waals surface area contributed by atoms with Crippen LogP contribution in [0, 0.1) is 0 Å². The third-order valence-corrected chi connectivity index (χ3v) is 8.75. The van der Waals surface area contributed by atoms with Crippen LogP contribution in [0.1, 0.15) is 17.0 Å². The van der Waals surface area contributed by atoms with Gasteiger partial charge in [0.2, 0.25) is 0 Å². The van der Waals surface area contributed by atoms with Crippen LogP contribution in [-0.4, -0.2) is 16.9 Å². The molecule has 0 N–H and O–H groups in total. The Kier molecular flexibility index (Phi) is 6.58. The van der Waals surface area contributed by atoms with Crippen molar-refractivity contribution in [1.82, 2.24) is 9.88 Å². The molecular formula is C30H27N2P. The highest BCUT2D eigenvalue weighted by Gasteiger charge is 2.31. The maximum absolute atomic E-state index is 5.18. The molecule has 0 aliphatic carbocycles. The van der Waals surface area contributed by atoms with Gasteiger partial charge in [-0.3, -0.25) is 9.88 Å². The summed E-state index contributed by atoms with van der Waals surface area (Å²) >= 11 is 0. The lowest BCUT2D eigenvalue weighted by atomic mass is 10.2. The first-order chi connectivity index (χ1) is 16.3. The lowest BCUT2D eigenvalue weighted by molar-refractivity contribution is 0.303. The predicted molar refractivity (Wildman–Crippen MR) is 141 cm³/mol. The Bertz CT molecular complexity index is 1270. The van der Waals surface area contributed by atoms with E-state index in [2.05, 4.69) is 139 Å². The fourth-order valence-corrected chi connectivity index (χ4v) is 7.08. The highest BCUT2D eigenvalue weighted by atomic mass is 31.1. The molecule has 0 bridgehead atoms. The van der Waals surface area contributed by atoms with E-state index in [-0.39, 0.29) is 5.78 Å². The molecule has 0 saturated heterocycles. The van der Waals surface area contributed by atoms with Crippen molar-refractivity contribution < 1.29 is 0 Å². The summed E-state index contributed by atoms with van der Waals surface area (Å²) in [5, 5.41) is 3.90. The van der Waals surface area contributed by atoms with Gasteiger partial charge in [0.1, 0.15) is 0 Å². The lowest BCUT2D eigenvalue weighted by Gasteiger charge is -2.35. The summed E-state index contributed by atoms with van der Waals surface area (Å²) in [5.74, 6) is 0.134. The number of hydrogen-bond donors (Lipinski definition) is 0. The van der Waals surface area contributed by atoms with Gasteiger partial charge < -0.3 is 0 Å². The van der Waals surface area contributed by atoms with E-state index < -0.39 is 7.92 Å². The average molecular weight is 447 g/mol. The largest absolute Gasteiger partial charge is 0.289 e. The van der Waals surface area contributed by atoms with Gasteiger partial charge in [0, 0.05) is 11.9 Å². The van der Waals surface area contributed by atoms with Crippen molar-refractivity contribution in [3.05, 3.63) is 139 Å². The fourth-order valence-electron chi connectivity index (χ4n) is 4.35. The molecule has 162 valence electrons. The molecule has 33 heavy (non-hydrogen) atoms. The average Bonchev–Trinajstić information content (AvgIpc) is 2.88. The second kappa shape index (κ2) is 10.1. The Hall–Kier alpha value is -3.32. The number of fused-ring (bicyclic) bond motifs is 1. The van der Waals surface area contributed by atoms with E-state index in [9.17, 15) is 0 Å². The van der Waals surface area contributed by atoms with E-state index in [0.717, 1.165) is 17.8 Å². The highest BCUT2D eigenvalue weighted by Crippen LogP contribution is 2.51. The van der Waals surface area contributed by atoms with Crippen LogP contribution in [0.25, 0.3) is 10.9 Å². The van der Waals surface area contributed by atoms with Crippen molar-refractivity contribution in [2.45, 2.75) is 12.3 Å². The van der Waals surface area contributed by atoms with Gasteiger partial charge >= 0.3 is 0 Å². The van der Waals surface area contributed by atoms with Gasteiger partial charge in [-0.15, -0.1) is 0 Å². The molecule has 5 aromatic rings. The Morgan fingerprint density at radius 3 is 1.82 bits per heavy atom. The first-order valence-corrected chi connectivity index (χ1v) is 12.7. The van der Waals surface area contributed by atoms with Crippen molar-refractivity contribution >= 4 is 29.4 Å². The van der Waals surface area contributed by atoms with Gasteiger partial charge in [0.05, 0.1) is 17.0 Å². The SMILES string of the molecule is CN(Cc1ccccc1)C(c1ccc2ccccc2n1)P(c1ccccc1)c1ccccc1. The quantitative estimate of drug-likeness (QED) is 0.265. The van der Waals surface area contributed by atoms with Crippen molar-refractivity contribution in [1.29, 1.82) is 0 Å². The predicted octanol–water partition coefficient (Wildman–Crippen LogP) is 6.50. The first-order valence-electron chi connectivity index (χ1n) is 11.3. The van der Waals surface area contributed by atoms with Gasteiger partial charge in [-0.2, -0.15) is 0 Å². The summed E-state index contributed by atoms with van der Waals surface area (Å²) in [5.41, 5.74) is 3.47. The second-order valence-corrected chi connectivity index (χ2v) is 10.5. The number of aromatic nitrogens is 1. The molecule has 4 aromatic carbocycles. The number of rotatable bonds is 7. The van der Waals surface area contributed by atoms with E-state index >= 15 is 0 Å². The van der Waals surface area contributed by atoms with Crippen molar-refractivity contribution in [3.63, 3.8) is 0 Å². The number of pyridine rings is 1. The zero-order chi connectivity index (χ0) is 22.5. The lowest BCUT2D eigenvalue weighted by Crippen LogP contribution is -2.30. The number of para-hydroxylation sites is 1. The molecule has 0 radical (unpaired) electrons. The van der Waals surface area contributed by atoms with Gasteiger partial charge in [-0.05, 0) is 43.3 Å². The zero-order valence-corrected chi connectivity index (χ0v) is 19.6. The molecule has 1 atom stereocenters. The molecule has 3 heteroatoms. The van der Waals surface area contributed by atoms with Gasteiger partial charge in [-0.1, -0.05) is 115 Å². The molecule has 0 saturated carbocycles. The third kappa shape index (κ3) is 4.88. The standard InChI is InChI=1S/C30H27N2P/c1-32(23-24-13-5-2-6-14-24)30(29-22-21-25-15-11-12-20-28(25)31-29)33(26-16-7-3-8-17-26)27-18-9-4-10-19-27/h2-22,30H,23H2,1H3. The molecule has 0 aliphatic rings. The molecule has 1 heterocycles. The van der Waals surface area contributed by atoms with Crippen LogP contribution >= 0.6 is 7.92 Å². The van der Waals surface area contributed by atoms with Gasteiger partial charge in [-0.25, -0.2) is 0 Å². The van der Waals surface area contributed by atoms with Crippen molar-refractivity contribution in [3.8, 4) is 0 Å². The third-order valence-electron chi connectivity index (χ3n) is 5.89. The second-order valence-electron chi connectivity index (χ2n) is 8.24. The minimum atomic E-state index is -0.718. The maximum atomic E-state index is 5.18. The Morgan fingerprint density at radius 1 is 0.636 bits per heavy atom. The Balaban J connectivity index is 1.66. The van der Waals surface area contributed by atoms with Gasteiger partial charge in [0.25, 0.3) is 0 Å². The minimum Gasteiger partial charge on any atom is -0.289 e. The molecule has 2 nitrogen and oxygen atoms in total. The number of benzene rings is 4. The van der Waals surface area contributed by atoms with Crippen LogP contribution in [0.15, 0.2) is 127 Å². The van der Waals surface area contributed by atoms with E-state index in [0.29, 0.717) is 0 Å². The molecule has 0 amide bonds. The minimum absolute atomic E-state index is 0.134. The summed E-state index contributed by atoms with van der Waals surface area (Å²) in [4.78, 5) is 7.66. The summed E-state index contributed by atoms with van der Waals surface area (Å²) < 4.78 is 0. The normalized spacial score (nSPS) is 12.3. The fraction of sp³-hybridized carbons (Fsp3) is 0.100. The zero-order valence-electron chi connectivity index (χ0n) is 18.8. The van der Waals surface area contributed by atoms with Crippen LogP contribution in [0.3, 0.4) is 0 Å². The molecule has 5 rings (SSSR count). The van der Waals surface area contributed by atoms with E-state index in [1.807, 2.05) is 0 Å². The van der Waals surface area contributed by atoms with Crippen LogP contribution in [0.2, 0.25) is 0 Å². The van der Waals surface area contributed by atoms with Crippen LogP contribution in [-0.2, 0) is 6.54 Å². The monoisotopic (exact) mass is 446 g/mol. The van der Waals surface area contributed by atoms with Crippen LogP contribution in [0.4, 0.5) is 0 Å². The molecular weight excluding hydrogens is 419 g/mol. The first kappa shape index (κ1) is 21.5. The van der Waals surface area contributed by atoms with Crippen LogP contribution in [0.5, 0.6) is 0 Å². The number of hydrogen-bond acceptors (Lipinski definition) is 2.